The number of hydrogen-bond donors (Lipinski definition) is 4. The van der Waals surface area contributed by atoms with Gasteiger partial charge in [0.1, 0.15) is 12.2 Å². The van der Waals surface area contributed by atoms with E-state index < -0.39 is 24.9 Å². The molecule has 0 rings (SSSR count). The van der Waals surface area contributed by atoms with Gasteiger partial charge in [-0.05, 0) is 12.2 Å². The highest BCUT2D eigenvalue weighted by atomic mass is 32.2. The fourth-order valence-electron chi connectivity index (χ4n) is 2.01. The van der Waals surface area contributed by atoms with Gasteiger partial charge in [-0.15, -0.1) is 0 Å². The molecule has 4 N–H and O–H groups in total. The lowest BCUT2D eigenvalue weighted by molar-refractivity contribution is -0.0683. The smallest absolute Gasteiger partial charge is 0.109 e. The number of aliphatic hydroxyl groups excluding tert-OH is 4. The molecular weight excluding hydrogens is 276 g/mol. The largest absolute Gasteiger partial charge is 0.394 e. The number of unbranched alkanes of at least 4 members (excludes halogenated alkanes) is 7. The third-order valence-corrected chi connectivity index (χ3v) is 4.56. The van der Waals surface area contributed by atoms with Crippen LogP contribution in [0.25, 0.3) is 0 Å². The second-order valence-electron chi connectivity index (χ2n) is 5.36. The molecule has 0 amide bonds. The van der Waals surface area contributed by atoms with Crippen LogP contribution >= 0.6 is 11.8 Å². The maximum atomic E-state index is 9.60. The molecule has 0 aromatic carbocycles. The molecule has 0 radical (unpaired) electrons. The summed E-state index contributed by atoms with van der Waals surface area (Å²) < 4.78 is 0. The van der Waals surface area contributed by atoms with Crippen LogP contribution in [0.3, 0.4) is 0 Å². The van der Waals surface area contributed by atoms with Crippen LogP contribution in [0.15, 0.2) is 0 Å². The van der Waals surface area contributed by atoms with E-state index in [1.807, 2.05) is 0 Å². The van der Waals surface area contributed by atoms with E-state index in [2.05, 4.69) is 6.92 Å². The van der Waals surface area contributed by atoms with E-state index in [0.29, 0.717) is 5.75 Å². The van der Waals surface area contributed by atoms with Gasteiger partial charge in [-0.3, -0.25) is 0 Å². The maximum Gasteiger partial charge on any atom is 0.109 e. The van der Waals surface area contributed by atoms with Crippen LogP contribution in [0.5, 0.6) is 0 Å². The molecule has 0 aliphatic rings. The van der Waals surface area contributed by atoms with Crippen molar-refractivity contribution in [2.75, 3.05) is 18.1 Å². The fraction of sp³-hybridized carbons (Fsp3) is 1.00. The predicted molar refractivity (Wildman–Crippen MR) is 85.0 cm³/mol. The minimum atomic E-state index is -1.26. The van der Waals surface area contributed by atoms with Gasteiger partial charge in [-0.1, -0.05) is 51.9 Å². The molecule has 20 heavy (non-hydrogen) atoms. The zero-order valence-corrected chi connectivity index (χ0v) is 13.5. The summed E-state index contributed by atoms with van der Waals surface area (Å²) in [6.45, 7) is 1.70. The van der Waals surface area contributed by atoms with E-state index in [0.717, 1.165) is 12.2 Å². The first-order chi connectivity index (χ1) is 9.63. The normalized spacial score (nSPS) is 16.1. The van der Waals surface area contributed by atoms with Gasteiger partial charge in [-0.2, -0.15) is 11.8 Å². The van der Waals surface area contributed by atoms with Crippen molar-refractivity contribution in [3.05, 3.63) is 0 Å². The molecule has 122 valence electrons. The standard InChI is InChI=1S/C15H32O4S/c1-2-3-4-5-6-7-8-9-10-20-12-14(18)15(19)13(17)11-16/h13-19H,2-12H2,1H3/t13-,14-,15+/m1/s1. The summed E-state index contributed by atoms with van der Waals surface area (Å²) in [5, 5.41) is 36.9. The minimum absolute atomic E-state index is 0.398. The Bertz CT molecular complexity index is 204. The van der Waals surface area contributed by atoms with Gasteiger partial charge in [0, 0.05) is 5.75 Å². The Balaban J connectivity index is 3.31. The van der Waals surface area contributed by atoms with E-state index in [9.17, 15) is 15.3 Å². The number of aliphatic hydroxyl groups is 4. The summed E-state index contributed by atoms with van der Waals surface area (Å²) in [7, 11) is 0. The van der Waals surface area contributed by atoms with Gasteiger partial charge in [-0.25, -0.2) is 0 Å². The Morgan fingerprint density at radius 2 is 1.35 bits per heavy atom. The highest BCUT2D eigenvalue weighted by Gasteiger charge is 2.23. The third-order valence-electron chi connectivity index (χ3n) is 3.41. The van der Waals surface area contributed by atoms with Crippen LogP contribution in [0.1, 0.15) is 58.3 Å². The molecule has 0 fully saturated rings. The van der Waals surface area contributed by atoms with Crippen LogP contribution in [0.4, 0.5) is 0 Å². The van der Waals surface area contributed by atoms with Crippen molar-refractivity contribution in [3.8, 4) is 0 Å². The molecule has 0 bridgehead atoms. The number of thioether (sulfide) groups is 1. The number of hydrogen-bond acceptors (Lipinski definition) is 5. The van der Waals surface area contributed by atoms with Crippen LogP contribution in [0, 0.1) is 0 Å². The average Bonchev–Trinajstić information content (AvgIpc) is 2.47. The third kappa shape index (κ3) is 10.9. The van der Waals surface area contributed by atoms with Crippen molar-refractivity contribution < 1.29 is 20.4 Å². The van der Waals surface area contributed by atoms with Crippen LogP contribution in [0.2, 0.25) is 0 Å². The number of rotatable bonds is 14. The zero-order chi connectivity index (χ0) is 15.2. The topological polar surface area (TPSA) is 80.9 Å². The first-order valence-electron chi connectivity index (χ1n) is 7.86. The van der Waals surface area contributed by atoms with Gasteiger partial charge < -0.3 is 20.4 Å². The van der Waals surface area contributed by atoms with Gasteiger partial charge in [0.15, 0.2) is 0 Å². The van der Waals surface area contributed by atoms with Crippen LogP contribution in [-0.4, -0.2) is 56.9 Å². The van der Waals surface area contributed by atoms with E-state index in [1.165, 1.54) is 44.9 Å². The first-order valence-corrected chi connectivity index (χ1v) is 9.01. The quantitative estimate of drug-likeness (QED) is 0.369. The highest BCUT2D eigenvalue weighted by Crippen LogP contribution is 2.13. The van der Waals surface area contributed by atoms with Gasteiger partial charge >= 0.3 is 0 Å². The summed E-state index contributed by atoms with van der Waals surface area (Å²) in [5.41, 5.74) is 0. The van der Waals surface area contributed by atoms with E-state index >= 15 is 0 Å². The molecule has 0 unspecified atom stereocenters. The van der Waals surface area contributed by atoms with Crippen molar-refractivity contribution in [3.63, 3.8) is 0 Å². The Morgan fingerprint density at radius 1 is 0.800 bits per heavy atom. The molecule has 4 nitrogen and oxygen atoms in total. The van der Waals surface area contributed by atoms with E-state index in [-0.39, 0.29) is 0 Å². The van der Waals surface area contributed by atoms with Crippen molar-refractivity contribution in [1.29, 1.82) is 0 Å². The van der Waals surface area contributed by atoms with E-state index in [4.69, 9.17) is 5.11 Å². The van der Waals surface area contributed by atoms with Crippen molar-refractivity contribution >= 4 is 11.8 Å². The molecule has 0 aliphatic carbocycles. The summed E-state index contributed by atoms with van der Waals surface area (Å²) in [5.74, 6) is 1.36. The Kier molecular flexibility index (Phi) is 14.3. The molecule has 0 saturated heterocycles. The van der Waals surface area contributed by atoms with Crippen LogP contribution in [-0.2, 0) is 0 Å². The molecule has 0 heterocycles. The molecular formula is C15H32O4S. The van der Waals surface area contributed by atoms with Gasteiger partial charge in [0.05, 0.1) is 12.7 Å². The molecule has 0 aliphatic heterocycles. The lowest BCUT2D eigenvalue weighted by Crippen LogP contribution is -2.40. The summed E-state index contributed by atoms with van der Waals surface area (Å²) in [4.78, 5) is 0. The Labute approximate surface area is 127 Å². The molecule has 0 spiro atoms. The lowest BCUT2D eigenvalue weighted by atomic mass is 10.1. The van der Waals surface area contributed by atoms with Gasteiger partial charge in [0.2, 0.25) is 0 Å². The fourth-order valence-corrected chi connectivity index (χ4v) is 3.02. The van der Waals surface area contributed by atoms with Crippen molar-refractivity contribution in [1.82, 2.24) is 0 Å². The lowest BCUT2D eigenvalue weighted by Gasteiger charge is -2.21. The maximum absolute atomic E-state index is 9.60. The Morgan fingerprint density at radius 3 is 1.90 bits per heavy atom. The second kappa shape index (κ2) is 14.1. The van der Waals surface area contributed by atoms with Crippen LogP contribution < -0.4 is 0 Å². The monoisotopic (exact) mass is 308 g/mol. The summed E-state index contributed by atoms with van der Waals surface area (Å²) in [6, 6.07) is 0. The molecule has 3 atom stereocenters. The second-order valence-corrected chi connectivity index (χ2v) is 6.51. The summed E-state index contributed by atoms with van der Waals surface area (Å²) >= 11 is 1.59. The minimum Gasteiger partial charge on any atom is -0.394 e. The molecule has 5 heteroatoms. The summed E-state index contributed by atoms with van der Waals surface area (Å²) in [6.07, 6.45) is 6.77. The van der Waals surface area contributed by atoms with E-state index in [1.54, 1.807) is 11.8 Å². The Hall–Kier alpha value is 0.190. The molecule has 0 aromatic heterocycles. The highest BCUT2D eigenvalue weighted by molar-refractivity contribution is 7.99. The van der Waals surface area contributed by atoms with Crippen molar-refractivity contribution in [2.45, 2.75) is 76.6 Å². The van der Waals surface area contributed by atoms with Crippen molar-refractivity contribution in [2.24, 2.45) is 0 Å². The van der Waals surface area contributed by atoms with Gasteiger partial charge in [0.25, 0.3) is 0 Å². The first kappa shape index (κ1) is 20.2. The zero-order valence-electron chi connectivity index (χ0n) is 12.7. The molecule has 0 saturated carbocycles. The SMILES string of the molecule is CCCCCCCCCCSC[C@@H](O)[C@@H](O)[C@H](O)CO. The predicted octanol–water partition coefficient (Wildman–Crippen LogP) is 1.94. The average molecular weight is 308 g/mol. The molecule has 0 aromatic rings.